The lowest BCUT2D eigenvalue weighted by Gasteiger charge is -2.28. The Morgan fingerprint density at radius 1 is 0.895 bits per heavy atom. The number of hydrogen-bond donors (Lipinski definition) is 2. The highest BCUT2D eigenvalue weighted by atomic mass is 16.5. The molecule has 0 aliphatic carbocycles. The Morgan fingerprint density at radius 2 is 1.26 bits per heavy atom. The van der Waals surface area contributed by atoms with E-state index >= 15 is 0 Å². The van der Waals surface area contributed by atoms with Gasteiger partial charge in [0.05, 0.1) is 18.6 Å². The van der Waals surface area contributed by atoms with Gasteiger partial charge in [0.15, 0.2) is 0 Å². The Morgan fingerprint density at radius 3 is 1.53 bits per heavy atom. The summed E-state index contributed by atoms with van der Waals surface area (Å²) >= 11 is 0. The molecule has 112 valence electrons. The lowest BCUT2D eigenvalue weighted by Crippen LogP contribution is -2.41. The van der Waals surface area contributed by atoms with Crippen molar-refractivity contribution in [2.75, 3.05) is 26.4 Å². The lowest BCUT2D eigenvalue weighted by molar-refractivity contribution is -0.159. The van der Waals surface area contributed by atoms with Crippen molar-refractivity contribution in [3.05, 3.63) is 0 Å². The maximum atomic E-state index is 11.3. The number of aliphatic hydroxyl groups excluding tert-OH is 2. The molecule has 0 saturated heterocycles. The number of hydrogen-bond acceptors (Lipinski definition) is 6. The molecule has 0 heterocycles. The Labute approximate surface area is 113 Å². The monoisotopic (exact) mass is 276 g/mol. The molecular formula is C13H24O6. The van der Waals surface area contributed by atoms with Crippen molar-refractivity contribution in [1.29, 1.82) is 0 Å². The van der Waals surface area contributed by atoms with Gasteiger partial charge in [0.2, 0.25) is 0 Å². The fraction of sp³-hybridized carbons (Fsp3) is 0.846. The molecule has 0 aromatic rings. The van der Waals surface area contributed by atoms with Crippen molar-refractivity contribution in [2.24, 2.45) is 5.41 Å². The van der Waals surface area contributed by atoms with E-state index in [0.29, 0.717) is 12.8 Å². The topological polar surface area (TPSA) is 93.1 Å². The molecule has 0 radical (unpaired) electrons. The molecule has 19 heavy (non-hydrogen) atoms. The first kappa shape index (κ1) is 17.9. The van der Waals surface area contributed by atoms with E-state index in [-0.39, 0.29) is 26.1 Å². The van der Waals surface area contributed by atoms with Crippen LogP contribution in [0.2, 0.25) is 0 Å². The summed E-state index contributed by atoms with van der Waals surface area (Å²) in [5.41, 5.74) is -1.13. The molecule has 0 rings (SSSR count). The van der Waals surface area contributed by atoms with E-state index in [2.05, 4.69) is 0 Å². The van der Waals surface area contributed by atoms with Gasteiger partial charge in [-0.15, -0.1) is 0 Å². The molecule has 0 aliphatic rings. The average molecular weight is 276 g/mol. The van der Waals surface area contributed by atoms with Crippen LogP contribution in [0.1, 0.15) is 39.5 Å². The summed E-state index contributed by atoms with van der Waals surface area (Å²) in [7, 11) is 0. The highest BCUT2D eigenvalue weighted by Crippen LogP contribution is 2.18. The minimum absolute atomic E-state index is 0.168. The van der Waals surface area contributed by atoms with E-state index in [1.807, 2.05) is 13.8 Å². The summed E-state index contributed by atoms with van der Waals surface area (Å²) < 4.78 is 9.94. The molecule has 0 unspecified atom stereocenters. The molecule has 0 bridgehead atoms. The Hall–Kier alpha value is -1.14. The van der Waals surface area contributed by atoms with E-state index in [4.69, 9.17) is 9.47 Å². The normalized spacial score (nSPS) is 11.2. The SMILES string of the molecule is CCCC(=O)OCC(CO)(CO)COC(=O)CCC. The molecule has 0 aromatic carbocycles. The molecular weight excluding hydrogens is 252 g/mol. The van der Waals surface area contributed by atoms with Crippen LogP contribution in [0.15, 0.2) is 0 Å². The minimum Gasteiger partial charge on any atom is -0.465 e. The van der Waals surface area contributed by atoms with Crippen molar-refractivity contribution in [1.82, 2.24) is 0 Å². The van der Waals surface area contributed by atoms with E-state index < -0.39 is 30.6 Å². The van der Waals surface area contributed by atoms with E-state index in [1.54, 1.807) is 0 Å². The lowest BCUT2D eigenvalue weighted by atomic mass is 9.92. The van der Waals surface area contributed by atoms with Gasteiger partial charge in [-0.05, 0) is 12.8 Å². The van der Waals surface area contributed by atoms with Gasteiger partial charge in [-0.3, -0.25) is 9.59 Å². The van der Waals surface area contributed by atoms with Crippen LogP contribution >= 0.6 is 0 Å². The van der Waals surface area contributed by atoms with Gasteiger partial charge < -0.3 is 19.7 Å². The molecule has 0 aliphatic heterocycles. The fourth-order valence-electron chi connectivity index (χ4n) is 1.29. The average Bonchev–Trinajstić information content (AvgIpc) is 2.40. The van der Waals surface area contributed by atoms with E-state index in [9.17, 15) is 19.8 Å². The number of rotatable bonds is 10. The van der Waals surface area contributed by atoms with Gasteiger partial charge >= 0.3 is 11.9 Å². The number of carbonyl (C=O) groups excluding carboxylic acids is 2. The smallest absolute Gasteiger partial charge is 0.305 e. The third-order valence-corrected chi connectivity index (χ3v) is 2.66. The Balaban J connectivity index is 4.32. The van der Waals surface area contributed by atoms with E-state index in [1.165, 1.54) is 0 Å². The van der Waals surface area contributed by atoms with Crippen molar-refractivity contribution < 1.29 is 29.3 Å². The summed E-state index contributed by atoms with van der Waals surface area (Å²) in [5, 5.41) is 18.6. The van der Waals surface area contributed by atoms with Crippen LogP contribution in [0, 0.1) is 5.41 Å². The second kappa shape index (κ2) is 9.75. The van der Waals surface area contributed by atoms with Crippen LogP contribution in [0.4, 0.5) is 0 Å². The first-order valence-corrected chi connectivity index (χ1v) is 6.56. The number of aliphatic hydroxyl groups is 2. The minimum atomic E-state index is -1.13. The molecule has 0 spiro atoms. The Kier molecular flexibility index (Phi) is 9.16. The van der Waals surface area contributed by atoms with Crippen LogP contribution < -0.4 is 0 Å². The zero-order chi connectivity index (χ0) is 14.7. The number of ether oxygens (including phenoxy) is 2. The number of carbonyl (C=O) groups is 2. The largest absolute Gasteiger partial charge is 0.465 e. The second-order valence-corrected chi connectivity index (χ2v) is 4.64. The van der Waals surface area contributed by atoms with E-state index in [0.717, 1.165) is 0 Å². The molecule has 0 saturated carbocycles. The zero-order valence-electron chi connectivity index (χ0n) is 11.7. The first-order valence-electron chi connectivity index (χ1n) is 6.56. The van der Waals surface area contributed by atoms with Crippen LogP contribution in [0.25, 0.3) is 0 Å². The summed E-state index contributed by atoms with van der Waals surface area (Å²) in [5.74, 6) is -0.790. The fourth-order valence-corrected chi connectivity index (χ4v) is 1.29. The van der Waals surface area contributed by atoms with Gasteiger partial charge in [-0.2, -0.15) is 0 Å². The van der Waals surface area contributed by atoms with Gasteiger partial charge in [0, 0.05) is 12.8 Å². The zero-order valence-corrected chi connectivity index (χ0v) is 11.7. The predicted molar refractivity (Wildman–Crippen MR) is 68.3 cm³/mol. The van der Waals surface area contributed by atoms with Crippen LogP contribution in [0.3, 0.4) is 0 Å². The molecule has 0 fully saturated rings. The highest BCUT2D eigenvalue weighted by Gasteiger charge is 2.32. The summed E-state index contributed by atoms with van der Waals surface area (Å²) in [6, 6.07) is 0. The molecule has 0 amide bonds. The van der Waals surface area contributed by atoms with Crippen molar-refractivity contribution in [3.63, 3.8) is 0 Å². The quantitative estimate of drug-likeness (QED) is 0.569. The Bertz CT molecular complexity index is 248. The summed E-state index contributed by atoms with van der Waals surface area (Å²) in [6.45, 7) is 2.50. The van der Waals surface area contributed by atoms with Crippen molar-refractivity contribution in [2.45, 2.75) is 39.5 Å². The standard InChI is InChI=1S/C13H24O6/c1-3-5-11(16)18-9-13(7-14,8-15)10-19-12(17)6-4-2/h14-15H,3-10H2,1-2H3. The molecule has 6 nitrogen and oxygen atoms in total. The van der Waals surface area contributed by atoms with Gasteiger partial charge in [0.1, 0.15) is 13.2 Å². The number of esters is 2. The van der Waals surface area contributed by atoms with Crippen LogP contribution in [-0.4, -0.2) is 48.6 Å². The molecule has 6 heteroatoms. The van der Waals surface area contributed by atoms with Crippen LogP contribution in [0.5, 0.6) is 0 Å². The third-order valence-electron chi connectivity index (χ3n) is 2.66. The summed E-state index contributed by atoms with van der Waals surface area (Å²) in [4.78, 5) is 22.5. The van der Waals surface area contributed by atoms with Crippen LogP contribution in [-0.2, 0) is 19.1 Å². The van der Waals surface area contributed by atoms with Gasteiger partial charge in [-0.1, -0.05) is 13.8 Å². The predicted octanol–water partition coefficient (Wildman–Crippen LogP) is 0.644. The maximum Gasteiger partial charge on any atom is 0.305 e. The second-order valence-electron chi connectivity index (χ2n) is 4.64. The first-order chi connectivity index (χ1) is 9.03. The van der Waals surface area contributed by atoms with Crippen molar-refractivity contribution >= 4 is 11.9 Å². The van der Waals surface area contributed by atoms with Gasteiger partial charge in [0.25, 0.3) is 0 Å². The van der Waals surface area contributed by atoms with Gasteiger partial charge in [-0.25, -0.2) is 0 Å². The summed E-state index contributed by atoms with van der Waals surface area (Å²) in [6.07, 6.45) is 1.89. The molecule has 0 atom stereocenters. The highest BCUT2D eigenvalue weighted by molar-refractivity contribution is 5.69. The molecule has 2 N–H and O–H groups in total. The third kappa shape index (κ3) is 7.12. The van der Waals surface area contributed by atoms with Crippen molar-refractivity contribution in [3.8, 4) is 0 Å². The molecule has 0 aromatic heterocycles. The maximum absolute atomic E-state index is 11.3.